The van der Waals surface area contributed by atoms with Gasteiger partial charge in [-0.05, 0) is 29.7 Å². The number of carbonyl (C=O) groups is 3. The van der Waals surface area contributed by atoms with E-state index in [1.54, 1.807) is 20.7 Å². The van der Waals surface area contributed by atoms with Crippen LogP contribution in [-0.4, -0.2) is 79.8 Å². The molecule has 2 aliphatic rings. The Morgan fingerprint density at radius 3 is 2.52 bits per heavy atom. The summed E-state index contributed by atoms with van der Waals surface area (Å²) in [6, 6.07) is 20.3. The number of terminal acetylenes is 1. The molecular weight excluding hydrogens is 578 g/mol. The lowest BCUT2D eigenvalue weighted by atomic mass is 9.97. The highest BCUT2D eigenvalue weighted by molar-refractivity contribution is 5.90. The van der Waals surface area contributed by atoms with Crippen molar-refractivity contribution in [3.8, 4) is 12.3 Å². The van der Waals surface area contributed by atoms with E-state index in [0.717, 1.165) is 22.4 Å². The number of hydrazine groups is 1. The fourth-order valence-electron chi connectivity index (χ4n) is 5.84. The zero-order valence-electron chi connectivity index (χ0n) is 26.0. The van der Waals surface area contributed by atoms with E-state index in [1.807, 2.05) is 103 Å². The molecule has 2 saturated heterocycles. The Morgan fingerprint density at radius 1 is 1.09 bits per heavy atom. The monoisotopic (exact) mass is 617 g/mol. The van der Waals surface area contributed by atoms with Crippen LogP contribution in [0.3, 0.4) is 0 Å². The number of allylic oxidation sites excluding steroid dienone is 2. The van der Waals surface area contributed by atoms with Crippen molar-refractivity contribution < 1.29 is 14.4 Å². The maximum atomic E-state index is 13.8. The summed E-state index contributed by atoms with van der Waals surface area (Å²) in [5, 5.41) is 10.7. The molecule has 5 rings (SSSR count). The Balaban J connectivity index is 1.44. The van der Waals surface area contributed by atoms with Gasteiger partial charge in [-0.25, -0.2) is 4.79 Å². The number of nitrogens with zero attached hydrogens (tertiary/aromatic N) is 6. The summed E-state index contributed by atoms with van der Waals surface area (Å²) >= 11 is 0. The minimum Gasteiger partial charge on any atom is -0.333 e. The Morgan fingerprint density at radius 2 is 1.83 bits per heavy atom. The van der Waals surface area contributed by atoms with Gasteiger partial charge in [-0.1, -0.05) is 97.3 Å². The molecule has 10 nitrogen and oxygen atoms in total. The highest BCUT2D eigenvalue weighted by Gasteiger charge is 2.53. The molecule has 0 saturated carbocycles. The predicted octanol–water partition coefficient (Wildman–Crippen LogP) is 4.23. The van der Waals surface area contributed by atoms with Crippen LogP contribution in [0.2, 0.25) is 0 Å². The van der Waals surface area contributed by atoms with E-state index in [4.69, 9.17) is 6.42 Å². The number of piperazine rings is 1. The Labute approximate surface area is 270 Å². The van der Waals surface area contributed by atoms with Gasteiger partial charge in [0.25, 0.3) is 0 Å². The third kappa shape index (κ3) is 7.28. The van der Waals surface area contributed by atoms with Gasteiger partial charge in [0.15, 0.2) is 0 Å². The fraction of sp³-hybridized carbons (Fsp3) is 0.278. The Kier molecular flexibility index (Phi) is 10.5. The first-order chi connectivity index (χ1) is 22.4. The third-order valence-corrected chi connectivity index (χ3v) is 8.10. The molecular formula is C36H39N7O3. The summed E-state index contributed by atoms with van der Waals surface area (Å²) in [5.74, 6) is 2.21. The fourth-order valence-corrected chi connectivity index (χ4v) is 5.84. The van der Waals surface area contributed by atoms with Crippen LogP contribution in [0.4, 0.5) is 4.79 Å². The summed E-state index contributed by atoms with van der Waals surface area (Å²) in [6.45, 7) is 7.10. The van der Waals surface area contributed by atoms with Crippen LogP contribution in [-0.2, 0) is 22.7 Å². The molecule has 3 aromatic rings. The summed E-state index contributed by atoms with van der Waals surface area (Å²) < 4.78 is 1.69. The van der Waals surface area contributed by atoms with Crippen molar-refractivity contribution in [3.05, 3.63) is 120 Å². The van der Waals surface area contributed by atoms with E-state index >= 15 is 0 Å². The summed E-state index contributed by atoms with van der Waals surface area (Å²) in [7, 11) is 0. The third-order valence-electron chi connectivity index (χ3n) is 8.10. The Hall–Kier alpha value is -5.40. The maximum Gasteiger partial charge on any atom is 0.332 e. The molecule has 3 heterocycles. The lowest BCUT2D eigenvalue weighted by molar-refractivity contribution is -0.156. The van der Waals surface area contributed by atoms with Gasteiger partial charge in [-0.3, -0.25) is 19.3 Å². The predicted molar refractivity (Wildman–Crippen MR) is 177 cm³/mol. The first-order valence-corrected chi connectivity index (χ1v) is 15.4. The highest BCUT2D eigenvalue weighted by atomic mass is 16.2. The summed E-state index contributed by atoms with van der Waals surface area (Å²) in [5.41, 5.74) is 3.64. The van der Waals surface area contributed by atoms with Gasteiger partial charge in [0.2, 0.25) is 11.8 Å². The average Bonchev–Trinajstić information content (AvgIpc) is 3.66. The van der Waals surface area contributed by atoms with Crippen LogP contribution in [0.1, 0.15) is 36.2 Å². The number of nitrogens with one attached hydrogen (secondary N) is 1. The molecule has 0 bridgehead atoms. The second-order valence-corrected chi connectivity index (χ2v) is 11.1. The largest absolute Gasteiger partial charge is 0.333 e. The van der Waals surface area contributed by atoms with E-state index in [2.05, 4.69) is 22.9 Å². The molecule has 0 unspecified atom stereocenters. The standard InChI is InChI=1S/C36H39N7O3/c1-4-21-39-23-20-31(38-39)19-13-16-28(6-3)25-40-32(44)26-41-33(45)27-43(35(41)34(40)30-17-11-8-12-18-30)42(22-5-2)36(46)37-24-29-14-9-7-10-15-29/h1,5,7-20,23,34-35H,2,6,21-22,24-27H2,3H3,(H,37,46)/b19-13-,28-16+/t34-,35-/m0/s1. The Bertz CT molecular complexity index is 1640. The average molecular weight is 618 g/mol. The number of amides is 4. The van der Waals surface area contributed by atoms with Gasteiger partial charge in [0, 0.05) is 19.3 Å². The molecule has 1 N–H and O–H groups in total. The highest BCUT2D eigenvalue weighted by Crippen LogP contribution is 2.38. The number of hydrogen-bond donors (Lipinski definition) is 1. The smallest absolute Gasteiger partial charge is 0.332 e. The number of urea groups is 1. The molecule has 2 aliphatic heterocycles. The van der Waals surface area contributed by atoms with Crippen molar-refractivity contribution >= 4 is 23.9 Å². The molecule has 46 heavy (non-hydrogen) atoms. The molecule has 10 heteroatoms. The van der Waals surface area contributed by atoms with E-state index in [0.29, 0.717) is 26.1 Å². The number of hydrogen-bond acceptors (Lipinski definition) is 5. The molecule has 2 atom stereocenters. The molecule has 0 radical (unpaired) electrons. The number of rotatable bonds is 12. The molecule has 2 fully saturated rings. The first-order valence-electron chi connectivity index (χ1n) is 15.4. The maximum absolute atomic E-state index is 13.8. The van der Waals surface area contributed by atoms with Crippen LogP contribution in [0, 0.1) is 12.3 Å². The minimum absolute atomic E-state index is 0.0345. The number of benzene rings is 2. The van der Waals surface area contributed by atoms with E-state index < -0.39 is 12.2 Å². The number of aromatic nitrogens is 2. The normalized spacial score (nSPS) is 18.5. The van der Waals surface area contributed by atoms with Crippen molar-refractivity contribution in [2.45, 2.75) is 38.6 Å². The number of carbonyl (C=O) groups excluding carboxylic acids is 3. The summed E-state index contributed by atoms with van der Waals surface area (Å²) in [4.78, 5) is 44.3. The molecule has 236 valence electrons. The SMILES string of the molecule is C#CCn1ccc(/C=C\C=C(/CC)CN2C(=O)CN3C(=O)CN(N(CC=C)C(=O)NCc4ccccc4)[C@H]3[C@@H]2c2ccccc2)n1. The first kappa shape index (κ1) is 32.0. The van der Waals surface area contributed by atoms with E-state index in [-0.39, 0.29) is 37.5 Å². The molecule has 4 amide bonds. The number of fused-ring (bicyclic) bond motifs is 1. The van der Waals surface area contributed by atoms with Gasteiger partial charge in [-0.2, -0.15) is 10.1 Å². The lowest BCUT2D eigenvalue weighted by Crippen LogP contribution is -2.63. The van der Waals surface area contributed by atoms with Crippen molar-refractivity contribution in [3.63, 3.8) is 0 Å². The second kappa shape index (κ2) is 15.1. The van der Waals surface area contributed by atoms with Crippen LogP contribution in [0.25, 0.3) is 6.08 Å². The molecule has 0 spiro atoms. The van der Waals surface area contributed by atoms with Crippen molar-refractivity contribution in [1.29, 1.82) is 0 Å². The van der Waals surface area contributed by atoms with Crippen LogP contribution in [0.5, 0.6) is 0 Å². The van der Waals surface area contributed by atoms with Crippen molar-refractivity contribution in [2.24, 2.45) is 0 Å². The van der Waals surface area contributed by atoms with Crippen molar-refractivity contribution in [1.82, 2.24) is 34.9 Å². The zero-order valence-corrected chi connectivity index (χ0v) is 26.0. The summed E-state index contributed by atoms with van der Waals surface area (Å²) in [6.07, 6.45) is 14.8. The quantitative estimate of drug-likeness (QED) is 0.187. The molecule has 0 aliphatic carbocycles. The second-order valence-electron chi connectivity index (χ2n) is 11.1. The van der Waals surface area contributed by atoms with E-state index in [1.165, 1.54) is 5.01 Å². The topological polar surface area (TPSA) is 94.0 Å². The van der Waals surface area contributed by atoms with Crippen LogP contribution < -0.4 is 5.32 Å². The van der Waals surface area contributed by atoms with Gasteiger partial charge < -0.3 is 15.1 Å². The minimum atomic E-state index is -0.594. The van der Waals surface area contributed by atoms with Crippen LogP contribution in [0.15, 0.2) is 103 Å². The van der Waals surface area contributed by atoms with Crippen LogP contribution >= 0.6 is 0 Å². The van der Waals surface area contributed by atoms with Gasteiger partial charge in [-0.15, -0.1) is 13.0 Å². The van der Waals surface area contributed by atoms with Gasteiger partial charge >= 0.3 is 6.03 Å². The van der Waals surface area contributed by atoms with Gasteiger partial charge in [0.1, 0.15) is 19.3 Å². The molecule has 1 aromatic heterocycles. The zero-order chi connectivity index (χ0) is 32.5. The van der Waals surface area contributed by atoms with Crippen molar-refractivity contribution in [2.75, 3.05) is 26.2 Å². The lowest BCUT2D eigenvalue weighted by Gasteiger charge is -2.48. The van der Waals surface area contributed by atoms with Gasteiger partial charge in [0.05, 0.1) is 24.8 Å². The molecule has 2 aromatic carbocycles. The van der Waals surface area contributed by atoms with E-state index in [9.17, 15) is 14.4 Å².